The van der Waals surface area contributed by atoms with E-state index in [2.05, 4.69) is 29.2 Å². The second-order valence-corrected chi connectivity index (χ2v) is 14.4. The summed E-state index contributed by atoms with van der Waals surface area (Å²) in [5, 5.41) is 0.0411. The molecule has 10 heteroatoms. The summed E-state index contributed by atoms with van der Waals surface area (Å²) >= 11 is 6.58. The number of sulfone groups is 1. The van der Waals surface area contributed by atoms with Crippen LogP contribution in [0.3, 0.4) is 0 Å². The van der Waals surface area contributed by atoms with Gasteiger partial charge in [0.2, 0.25) is 0 Å². The fourth-order valence-corrected chi connectivity index (χ4v) is 7.01. The first kappa shape index (κ1) is 36.1. The van der Waals surface area contributed by atoms with Gasteiger partial charge in [0, 0.05) is 50.2 Å². The Labute approximate surface area is 281 Å². The highest BCUT2D eigenvalue weighted by atomic mass is 35.5. The molecule has 0 fully saturated rings. The summed E-state index contributed by atoms with van der Waals surface area (Å²) in [6.07, 6.45) is 1.03. The van der Waals surface area contributed by atoms with E-state index in [9.17, 15) is 22.0 Å². The van der Waals surface area contributed by atoms with Gasteiger partial charge in [-0.2, -0.15) is 0 Å². The Kier molecular flexibility index (Phi) is 11.8. The van der Waals surface area contributed by atoms with Gasteiger partial charge in [-0.05, 0) is 41.3 Å². The van der Waals surface area contributed by atoms with Gasteiger partial charge in [0.25, 0.3) is 5.92 Å². The van der Waals surface area contributed by atoms with E-state index in [1.54, 1.807) is 25.1 Å². The fraction of sp³-hybridized carbons (Fsp3) is 0.324. The molecule has 0 amide bonds. The molecule has 0 aliphatic rings. The van der Waals surface area contributed by atoms with Gasteiger partial charge in [0.15, 0.2) is 9.84 Å². The molecule has 0 saturated heterocycles. The molecule has 0 N–H and O–H groups in total. The fourth-order valence-electron chi connectivity index (χ4n) is 5.71. The molecular weight excluding hydrogens is 644 g/mol. The average molecular weight is 684 g/mol. The van der Waals surface area contributed by atoms with Crippen molar-refractivity contribution in [3.8, 4) is 5.75 Å². The molecule has 0 aromatic heterocycles. The van der Waals surface area contributed by atoms with Crippen molar-refractivity contribution in [3.05, 3.63) is 129 Å². The Balaban J connectivity index is 1.64. The quantitative estimate of drug-likeness (QED) is 0.125. The predicted octanol–water partition coefficient (Wildman–Crippen LogP) is 8.30. The van der Waals surface area contributed by atoms with E-state index in [-0.39, 0.29) is 39.5 Å². The van der Waals surface area contributed by atoms with Crippen LogP contribution in [0.5, 0.6) is 5.75 Å². The number of alkyl halides is 2. The number of hydrogen-bond donors (Lipinski definition) is 0. The smallest absolute Gasteiger partial charge is 0.339 e. The van der Waals surface area contributed by atoms with Gasteiger partial charge in [0.1, 0.15) is 5.75 Å². The van der Waals surface area contributed by atoms with E-state index in [1.807, 2.05) is 43.3 Å². The van der Waals surface area contributed by atoms with E-state index in [0.717, 1.165) is 24.3 Å². The van der Waals surface area contributed by atoms with Crippen molar-refractivity contribution in [2.45, 2.75) is 44.1 Å². The maximum atomic E-state index is 14.4. The summed E-state index contributed by atoms with van der Waals surface area (Å²) in [6, 6.07) is 27.9. The second kappa shape index (κ2) is 15.4. The number of carbonyl (C=O) groups is 1. The van der Waals surface area contributed by atoms with Crippen LogP contribution in [0.15, 0.2) is 95.9 Å². The molecule has 4 aromatic carbocycles. The highest BCUT2D eigenvalue weighted by Crippen LogP contribution is 2.36. The number of hydrogen-bond acceptors (Lipinski definition) is 6. The van der Waals surface area contributed by atoms with Gasteiger partial charge >= 0.3 is 5.97 Å². The second-order valence-electron chi connectivity index (χ2n) is 12.0. The van der Waals surface area contributed by atoms with Crippen molar-refractivity contribution in [1.29, 1.82) is 0 Å². The predicted molar refractivity (Wildman–Crippen MR) is 181 cm³/mol. The lowest BCUT2D eigenvalue weighted by Crippen LogP contribution is -2.34. The number of rotatable bonds is 14. The molecule has 4 rings (SSSR count). The minimum atomic E-state index is -3.77. The molecule has 0 aliphatic heterocycles. The number of benzene rings is 4. The van der Waals surface area contributed by atoms with Crippen molar-refractivity contribution in [2.24, 2.45) is 5.92 Å². The van der Waals surface area contributed by atoms with Gasteiger partial charge in [-0.15, -0.1) is 0 Å². The maximum absolute atomic E-state index is 14.4. The van der Waals surface area contributed by atoms with Crippen LogP contribution in [0.25, 0.3) is 0 Å². The van der Waals surface area contributed by atoms with Crippen molar-refractivity contribution in [1.82, 2.24) is 4.90 Å². The zero-order chi connectivity index (χ0) is 34.4. The molecule has 1 atom stereocenters. The Morgan fingerprint density at radius 2 is 1.53 bits per heavy atom. The first-order chi connectivity index (χ1) is 22.2. The largest absolute Gasteiger partial charge is 0.493 e. The molecule has 0 unspecified atom stereocenters. The van der Waals surface area contributed by atoms with Gasteiger partial charge < -0.3 is 9.47 Å². The SMILES string of the molecule is COC(=O)c1c(C)cc(OC[C@H](C)CN(Cc2cccc(C(C)(F)F)c2Cl)CC(c2ccccc2)c2ccccc2)cc1S(C)(=O)=O. The van der Waals surface area contributed by atoms with Crippen LogP contribution in [-0.4, -0.2) is 52.3 Å². The summed E-state index contributed by atoms with van der Waals surface area (Å²) in [4.78, 5) is 14.4. The summed E-state index contributed by atoms with van der Waals surface area (Å²) in [5.41, 5.74) is 2.99. The van der Waals surface area contributed by atoms with E-state index in [4.69, 9.17) is 21.1 Å². The molecule has 6 nitrogen and oxygen atoms in total. The van der Waals surface area contributed by atoms with Gasteiger partial charge in [0.05, 0.1) is 29.2 Å². The monoisotopic (exact) mass is 683 g/mol. The third kappa shape index (κ3) is 9.40. The first-order valence-electron chi connectivity index (χ1n) is 15.2. The molecule has 0 bridgehead atoms. The third-order valence-electron chi connectivity index (χ3n) is 7.96. The van der Waals surface area contributed by atoms with E-state index in [1.165, 1.54) is 19.2 Å². The van der Waals surface area contributed by atoms with Crippen LogP contribution in [0.1, 0.15) is 57.9 Å². The standard InChI is InChI=1S/C37H40ClF2NO5S/c1-25(24-46-30-19-26(2)34(36(42)45-4)33(20-30)47(5,43)44)21-41(22-29-17-12-18-32(35(29)38)37(3,39)40)23-31(27-13-8-6-9-14-27)28-15-10-7-11-16-28/h6-20,25,31H,21-24H2,1-5H3/t25-/m1/s1. The Morgan fingerprint density at radius 1 is 0.936 bits per heavy atom. The van der Waals surface area contributed by atoms with Gasteiger partial charge in [-0.3, -0.25) is 4.90 Å². The number of aryl methyl sites for hydroxylation is 1. The normalized spacial score (nSPS) is 12.7. The van der Waals surface area contributed by atoms with Crippen LogP contribution in [0.2, 0.25) is 5.02 Å². The highest BCUT2D eigenvalue weighted by Gasteiger charge is 2.29. The van der Waals surface area contributed by atoms with Crippen molar-refractivity contribution < 1.29 is 31.5 Å². The van der Waals surface area contributed by atoms with Gasteiger partial charge in [-0.25, -0.2) is 22.0 Å². The average Bonchev–Trinajstić information content (AvgIpc) is 3.02. The molecule has 250 valence electrons. The van der Waals surface area contributed by atoms with Crippen LogP contribution in [0.4, 0.5) is 8.78 Å². The minimum absolute atomic E-state index is 0.0220. The lowest BCUT2D eigenvalue weighted by molar-refractivity contribution is 0.0174. The van der Waals surface area contributed by atoms with E-state index in [0.29, 0.717) is 36.5 Å². The van der Waals surface area contributed by atoms with Crippen LogP contribution in [0, 0.1) is 12.8 Å². The van der Waals surface area contributed by atoms with Crippen LogP contribution >= 0.6 is 11.6 Å². The molecule has 0 heterocycles. The number of carbonyl (C=O) groups excluding carboxylic acids is 1. The van der Waals surface area contributed by atoms with Crippen molar-refractivity contribution in [3.63, 3.8) is 0 Å². The zero-order valence-electron chi connectivity index (χ0n) is 27.2. The first-order valence-corrected chi connectivity index (χ1v) is 17.5. The van der Waals surface area contributed by atoms with E-state index < -0.39 is 21.7 Å². The summed E-state index contributed by atoms with van der Waals surface area (Å²) < 4.78 is 64.8. The highest BCUT2D eigenvalue weighted by molar-refractivity contribution is 7.90. The lowest BCUT2D eigenvalue weighted by atomic mass is 9.90. The topological polar surface area (TPSA) is 72.9 Å². The van der Waals surface area contributed by atoms with Crippen LogP contribution < -0.4 is 4.74 Å². The zero-order valence-corrected chi connectivity index (χ0v) is 28.7. The molecule has 0 radical (unpaired) electrons. The van der Waals surface area contributed by atoms with Gasteiger partial charge in [-0.1, -0.05) is 97.4 Å². The van der Waals surface area contributed by atoms with Crippen molar-refractivity contribution in [2.75, 3.05) is 33.1 Å². The number of halogens is 3. The maximum Gasteiger partial charge on any atom is 0.339 e. The Hall–Kier alpha value is -3.79. The molecule has 4 aromatic rings. The van der Waals surface area contributed by atoms with Crippen LogP contribution in [-0.2, 0) is 27.0 Å². The summed E-state index contributed by atoms with van der Waals surface area (Å²) in [5.74, 6) is -3.64. The Morgan fingerprint density at radius 3 is 2.06 bits per heavy atom. The number of methoxy groups -OCH3 is 1. The molecule has 47 heavy (non-hydrogen) atoms. The summed E-state index contributed by atoms with van der Waals surface area (Å²) in [6.45, 7) is 6.07. The molecule has 0 spiro atoms. The molecular formula is C37H40ClF2NO5S. The Bertz CT molecular complexity index is 1740. The minimum Gasteiger partial charge on any atom is -0.493 e. The molecule has 0 saturated carbocycles. The van der Waals surface area contributed by atoms with E-state index >= 15 is 0 Å². The number of ether oxygens (including phenoxy) is 2. The third-order valence-corrected chi connectivity index (χ3v) is 9.52. The number of nitrogens with zero attached hydrogens (tertiary/aromatic N) is 1. The van der Waals surface area contributed by atoms with Crippen molar-refractivity contribution >= 4 is 27.4 Å². The molecule has 0 aliphatic carbocycles. The summed E-state index contributed by atoms with van der Waals surface area (Å²) in [7, 11) is -2.57. The number of esters is 1. The lowest BCUT2D eigenvalue weighted by Gasteiger charge is -2.31.